The van der Waals surface area contributed by atoms with Gasteiger partial charge in [-0.3, -0.25) is 14.5 Å². The maximum Gasteiger partial charge on any atom is 0.325 e. The number of rotatable bonds is 6. The number of amides is 4. The van der Waals surface area contributed by atoms with Crippen molar-refractivity contribution in [1.82, 2.24) is 15.2 Å². The lowest BCUT2D eigenvalue weighted by Crippen LogP contribution is -2.34. The molecule has 1 aliphatic rings. The van der Waals surface area contributed by atoms with Gasteiger partial charge in [-0.05, 0) is 18.9 Å². The molecule has 2 aromatic rings. The zero-order valence-electron chi connectivity index (χ0n) is 13.6. The summed E-state index contributed by atoms with van der Waals surface area (Å²) < 4.78 is 0. The van der Waals surface area contributed by atoms with Gasteiger partial charge in [-0.15, -0.1) is 11.3 Å². The Morgan fingerprint density at radius 1 is 1.36 bits per heavy atom. The lowest BCUT2D eigenvalue weighted by Gasteiger charge is -2.21. The van der Waals surface area contributed by atoms with Crippen LogP contribution in [0.2, 0.25) is 0 Å². The quantitative estimate of drug-likeness (QED) is 0.776. The summed E-state index contributed by atoms with van der Waals surface area (Å²) in [6.07, 6.45) is 1.98. The van der Waals surface area contributed by atoms with Gasteiger partial charge in [0, 0.05) is 18.0 Å². The summed E-state index contributed by atoms with van der Waals surface area (Å²) >= 11 is 1.32. The third-order valence-corrected chi connectivity index (χ3v) is 4.75. The number of urea groups is 1. The fraction of sp³-hybridized carbons (Fsp3) is 0.294. The maximum absolute atomic E-state index is 12.6. The lowest BCUT2D eigenvalue weighted by molar-refractivity contribution is -0.129. The van der Waals surface area contributed by atoms with Crippen LogP contribution in [0.25, 0.3) is 0 Å². The molecule has 0 bridgehead atoms. The van der Waals surface area contributed by atoms with Crippen LogP contribution in [0, 0.1) is 0 Å². The van der Waals surface area contributed by atoms with E-state index in [-0.39, 0.29) is 30.7 Å². The summed E-state index contributed by atoms with van der Waals surface area (Å²) in [5, 5.41) is 7.61. The smallest absolute Gasteiger partial charge is 0.325 e. The fourth-order valence-corrected chi connectivity index (χ4v) is 3.28. The van der Waals surface area contributed by atoms with Crippen molar-refractivity contribution in [2.24, 2.45) is 0 Å². The van der Waals surface area contributed by atoms with Crippen molar-refractivity contribution in [3.8, 4) is 0 Å². The summed E-state index contributed by atoms with van der Waals surface area (Å²) in [7, 11) is 0. The monoisotopic (exact) mass is 358 g/mol. The summed E-state index contributed by atoms with van der Waals surface area (Å²) in [6, 6.07) is 7.90. The molecule has 1 aliphatic heterocycles. The molecule has 4 amide bonds. The molecular formula is C17H18N4O3S. The second-order valence-electron chi connectivity index (χ2n) is 5.72. The highest BCUT2D eigenvalue weighted by molar-refractivity contribution is 7.13. The topological polar surface area (TPSA) is 91.4 Å². The third-order valence-electron chi connectivity index (χ3n) is 4.06. The number of carbonyl (C=O) groups is 3. The summed E-state index contributed by atoms with van der Waals surface area (Å²) in [4.78, 5) is 41.9. The molecule has 8 heteroatoms. The van der Waals surface area contributed by atoms with Crippen molar-refractivity contribution in [3.05, 3.63) is 47.5 Å². The van der Waals surface area contributed by atoms with Crippen LogP contribution >= 0.6 is 11.3 Å². The Labute approximate surface area is 149 Å². The van der Waals surface area contributed by atoms with Gasteiger partial charge in [0.25, 0.3) is 5.91 Å². The molecule has 0 aliphatic carbocycles. The molecule has 2 heterocycles. The molecule has 3 rings (SSSR count). The van der Waals surface area contributed by atoms with E-state index in [2.05, 4.69) is 15.6 Å². The highest BCUT2D eigenvalue weighted by Gasteiger charge is 2.40. The van der Waals surface area contributed by atoms with Crippen LogP contribution in [0.5, 0.6) is 0 Å². The van der Waals surface area contributed by atoms with E-state index >= 15 is 0 Å². The molecule has 1 aromatic heterocycles. The van der Waals surface area contributed by atoms with Gasteiger partial charge >= 0.3 is 6.03 Å². The molecule has 0 spiro atoms. The summed E-state index contributed by atoms with van der Waals surface area (Å²) in [6.45, 7) is 1.81. The number of aromatic nitrogens is 1. The van der Waals surface area contributed by atoms with E-state index in [1.807, 2.05) is 37.3 Å². The largest absolute Gasteiger partial charge is 0.326 e. The molecule has 0 saturated carbocycles. The number of benzene rings is 1. The molecule has 2 atom stereocenters. The van der Waals surface area contributed by atoms with Crippen LogP contribution in [0.15, 0.2) is 41.9 Å². The Kier molecular flexibility index (Phi) is 5.08. The van der Waals surface area contributed by atoms with Crippen molar-refractivity contribution < 1.29 is 14.4 Å². The first kappa shape index (κ1) is 17.1. The van der Waals surface area contributed by atoms with E-state index < -0.39 is 12.1 Å². The number of anilines is 1. The predicted octanol–water partition coefficient (Wildman–Crippen LogP) is 2.54. The Morgan fingerprint density at radius 2 is 2.12 bits per heavy atom. The number of thiazole rings is 1. The van der Waals surface area contributed by atoms with Gasteiger partial charge in [0.15, 0.2) is 5.13 Å². The maximum atomic E-state index is 12.6. The highest BCUT2D eigenvalue weighted by atomic mass is 32.1. The number of nitrogens with one attached hydrogen (secondary N) is 2. The molecule has 2 N–H and O–H groups in total. The summed E-state index contributed by atoms with van der Waals surface area (Å²) in [5.74, 6) is -0.532. The van der Waals surface area contributed by atoms with Crippen LogP contribution < -0.4 is 10.6 Å². The van der Waals surface area contributed by atoms with Crippen molar-refractivity contribution in [2.45, 2.75) is 31.8 Å². The van der Waals surface area contributed by atoms with Crippen LogP contribution in [-0.2, 0) is 9.59 Å². The highest BCUT2D eigenvalue weighted by Crippen LogP contribution is 2.25. The van der Waals surface area contributed by atoms with Crippen LogP contribution in [0.3, 0.4) is 0 Å². The third kappa shape index (κ3) is 3.85. The molecule has 25 heavy (non-hydrogen) atoms. The van der Waals surface area contributed by atoms with Crippen molar-refractivity contribution in [2.75, 3.05) is 5.32 Å². The molecular weight excluding hydrogens is 340 g/mol. The van der Waals surface area contributed by atoms with E-state index in [4.69, 9.17) is 0 Å². The Balaban J connectivity index is 1.58. The van der Waals surface area contributed by atoms with Crippen LogP contribution in [-0.4, -0.2) is 33.8 Å². The Bertz CT molecular complexity index is 763. The normalized spacial score (nSPS) is 18.1. The van der Waals surface area contributed by atoms with Gasteiger partial charge in [-0.1, -0.05) is 30.3 Å². The number of carbonyl (C=O) groups excluding carboxylic acids is 3. The predicted molar refractivity (Wildman–Crippen MR) is 94.0 cm³/mol. The molecule has 0 radical (unpaired) electrons. The molecule has 1 aromatic carbocycles. The first-order valence-corrected chi connectivity index (χ1v) is 8.82. The second-order valence-corrected chi connectivity index (χ2v) is 6.62. The first-order chi connectivity index (χ1) is 12.1. The van der Waals surface area contributed by atoms with Crippen molar-refractivity contribution in [3.63, 3.8) is 0 Å². The number of hydrogen-bond acceptors (Lipinski definition) is 5. The second kappa shape index (κ2) is 7.43. The van der Waals surface area contributed by atoms with Crippen LogP contribution in [0.1, 0.15) is 31.4 Å². The Morgan fingerprint density at radius 3 is 2.80 bits per heavy atom. The van der Waals surface area contributed by atoms with Crippen molar-refractivity contribution in [1.29, 1.82) is 0 Å². The Hall–Kier alpha value is -2.74. The standard InChI is InChI=1S/C17H18N4O3S/c1-11(12-5-3-2-4-6-12)21-15(23)13(19-17(21)24)7-8-14(22)20-16-18-9-10-25-16/h2-6,9-11,13H,7-8H2,1H3,(H,19,24)(H,18,20,22)/t11-,13+/m1/s1. The zero-order chi connectivity index (χ0) is 17.8. The van der Waals surface area contributed by atoms with E-state index in [1.165, 1.54) is 16.2 Å². The van der Waals surface area contributed by atoms with Gasteiger partial charge in [0.1, 0.15) is 6.04 Å². The number of hydrogen-bond donors (Lipinski definition) is 2. The molecule has 130 valence electrons. The molecule has 1 saturated heterocycles. The number of nitrogens with zero attached hydrogens (tertiary/aromatic N) is 2. The molecule has 0 unspecified atom stereocenters. The zero-order valence-corrected chi connectivity index (χ0v) is 14.5. The van der Waals surface area contributed by atoms with Gasteiger partial charge in [0.2, 0.25) is 5.91 Å². The van der Waals surface area contributed by atoms with Crippen LogP contribution in [0.4, 0.5) is 9.93 Å². The van der Waals surface area contributed by atoms with Gasteiger partial charge < -0.3 is 10.6 Å². The van der Waals surface area contributed by atoms with Gasteiger partial charge in [-0.2, -0.15) is 0 Å². The average Bonchev–Trinajstić information content (AvgIpc) is 3.21. The van der Waals surface area contributed by atoms with Gasteiger partial charge in [-0.25, -0.2) is 9.78 Å². The van der Waals surface area contributed by atoms with E-state index in [9.17, 15) is 14.4 Å². The molecule has 1 fully saturated rings. The lowest BCUT2D eigenvalue weighted by atomic mass is 10.1. The van der Waals surface area contributed by atoms with Crippen molar-refractivity contribution >= 4 is 34.3 Å². The minimum absolute atomic E-state index is 0.129. The van der Waals surface area contributed by atoms with E-state index in [0.717, 1.165) is 5.56 Å². The van der Waals surface area contributed by atoms with E-state index in [0.29, 0.717) is 5.13 Å². The van der Waals surface area contributed by atoms with E-state index in [1.54, 1.807) is 11.6 Å². The number of imide groups is 1. The van der Waals surface area contributed by atoms with Gasteiger partial charge in [0.05, 0.1) is 6.04 Å². The summed E-state index contributed by atoms with van der Waals surface area (Å²) in [5.41, 5.74) is 0.883. The first-order valence-electron chi connectivity index (χ1n) is 7.94. The SMILES string of the molecule is C[C@H](c1ccccc1)N1C(=O)N[C@@H](CCC(=O)Nc2nccs2)C1=O. The minimum Gasteiger partial charge on any atom is -0.326 e. The fourth-order valence-electron chi connectivity index (χ4n) is 2.73. The average molecular weight is 358 g/mol. The molecule has 7 nitrogen and oxygen atoms in total. The minimum atomic E-state index is -0.680.